The van der Waals surface area contributed by atoms with Crippen LogP contribution in [0.5, 0.6) is 0 Å². The molecule has 0 spiro atoms. The molecule has 2 rings (SSSR count). The normalized spacial score (nSPS) is 19.4. The zero-order valence-electron chi connectivity index (χ0n) is 10.3. The summed E-state index contributed by atoms with van der Waals surface area (Å²) in [6, 6.07) is 8.41. The molecule has 0 heterocycles. The van der Waals surface area contributed by atoms with Crippen LogP contribution in [0.3, 0.4) is 0 Å². The molecule has 0 aromatic heterocycles. The van der Waals surface area contributed by atoms with Crippen LogP contribution in [-0.4, -0.2) is 8.42 Å². The van der Waals surface area contributed by atoms with E-state index < -0.39 is 10.0 Å². The molecule has 18 heavy (non-hydrogen) atoms. The van der Waals surface area contributed by atoms with Crippen molar-refractivity contribution in [3.8, 4) is 0 Å². The van der Waals surface area contributed by atoms with Gasteiger partial charge in [-0.05, 0) is 37.0 Å². The van der Waals surface area contributed by atoms with Gasteiger partial charge in [0.15, 0.2) is 0 Å². The minimum Gasteiger partial charge on any atom is -0.280 e. The second-order valence-corrected chi connectivity index (χ2v) is 6.03. The quantitative estimate of drug-likeness (QED) is 0.908. The molecule has 1 atom stereocenters. The lowest BCUT2D eigenvalue weighted by Gasteiger charge is -2.16. The molecule has 0 bridgehead atoms. The molecule has 1 aliphatic carbocycles. The van der Waals surface area contributed by atoms with Gasteiger partial charge in [-0.3, -0.25) is 4.72 Å². The Morgan fingerprint density at radius 1 is 1.28 bits per heavy atom. The third-order valence-corrected chi connectivity index (χ3v) is 4.38. The van der Waals surface area contributed by atoms with E-state index in [-0.39, 0.29) is 4.90 Å². The van der Waals surface area contributed by atoms with E-state index in [2.05, 4.69) is 11.6 Å². The summed E-state index contributed by atoms with van der Waals surface area (Å²) < 4.78 is 26.8. The fourth-order valence-corrected chi connectivity index (χ4v) is 2.99. The second-order valence-electron chi connectivity index (χ2n) is 4.35. The van der Waals surface area contributed by atoms with Crippen molar-refractivity contribution in [2.45, 2.75) is 24.7 Å². The van der Waals surface area contributed by atoms with Gasteiger partial charge in [-0.2, -0.15) is 0 Å². The van der Waals surface area contributed by atoms with E-state index in [9.17, 15) is 8.42 Å². The third kappa shape index (κ3) is 3.01. The Bertz CT molecular complexity index is 559. The molecule has 4 heteroatoms. The van der Waals surface area contributed by atoms with Gasteiger partial charge in [-0.1, -0.05) is 37.3 Å². The van der Waals surface area contributed by atoms with E-state index in [0.717, 1.165) is 12.8 Å². The smallest absolute Gasteiger partial charge is 0.261 e. The van der Waals surface area contributed by atoms with Crippen LogP contribution in [0.1, 0.15) is 19.8 Å². The van der Waals surface area contributed by atoms with E-state index in [0.29, 0.717) is 11.6 Å². The summed E-state index contributed by atoms with van der Waals surface area (Å²) in [6.07, 6.45) is 7.82. The van der Waals surface area contributed by atoms with Crippen LogP contribution in [0.4, 0.5) is 0 Å². The van der Waals surface area contributed by atoms with E-state index in [4.69, 9.17) is 0 Å². The Kier molecular flexibility index (Phi) is 3.87. The van der Waals surface area contributed by atoms with Gasteiger partial charge in [0, 0.05) is 5.70 Å². The first-order valence-corrected chi connectivity index (χ1v) is 7.56. The topological polar surface area (TPSA) is 46.2 Å². The largest absolute Gasteiger partial charge is 0.280 e. The maximum atomic E-state index is 12.1. The van der Waals surface area contributed by atoms with Crippen LogP contribution >= 0.6 is 0 Å². The summed E-state index contributed by atoms with van der Waals surface area (Å²) in [5, 5.41) is 0. The van der Waals surface area contributed by atoms with Crippen molar-refractivity contribution in [3.63, 3.8) is 0 Å². The lowest BCUT2D eigenvalue weighted by atomic mass is 9.97. The molecule has 0 aliphatic heterocycles. The summed E-state index contributed by atoms with van der Waals surface area (Å²) in [7, 11) is -3.46. The van der Waals surface area contributed by atoms with Gasteiger partial charge < -0.3 is 0 Å². The molecule has 1 N–H and O–H groups in total. The summed E-state index contributed by atoms with van der Waals surface area (Å²) in [6.45, 7) is 2.10. The standard InChI is InChI=1S/C14H17NO2S/c1-2-12-7-6-8-13(11-12)15-18(16,17)14-9-4-3-5-10-14/h3-6,8-12,15H,2,7H2,1H3. The molecule has 1 aromatic carbocycles. The average molecular weight is 263 g/mol. The van der Waals surface area contributed by atoms with Crippen molar-refractivity contribution < 1.29 is 8.42 Å². The van der Waals surface area contributed by atoms with Gasteiger partial charge in [0.05, 0.1) is 4.90 Å². The van der Waals surface area contributed by atoms with Crippen molar-refractivity contribution in [2.75, 3.05) is 0 Å². The zero-order valence-corrected chi connectivity index (χ0v) is 11.2. The monoisotopic (exact) mass is 263 g/mol. The zero-order chi connectivity index (χ0) is 13.0. The summed E-state index contributed by atoms with van der Waals surface area (Å²) in [5.74, 6) is 0.420. The summed E-state index contributed by atoms with van der Waals surface area (Å²) in [5.41, 5.74) is 0.664. The van der Waals surface area contributed by atoms with E-state index >= 15 is 0 Å². The SMILES string of the molecule is CCC1C=C(NS(=O)(=O)c2ccccc2)C=CC1. The van der Waals surface area contributed by atoms with Crippen LogP contribution < -0.4 is 4.72 Å². The number of benzene rings is 1. The van der Waals surface area contributed by atoms with Gasteiger partial charge in [0.2, 0.25) is 0 Å². The highest BCUT2D eigenvalue weighted by Crippen LogP contribution is 2.19. The number of hydrogen-bond acceptors (Lipinski definition) is 2. The minimum absolute atomic E-state index is 0.290. The molecule has 0 amide bonds. The minimum atomic E-state index is -3.46. The van der Waals surface area contributed by atoms with Gasteiger partial charge in [0.25, 0.3) is 10.0 Å². The number of rotatable bonds is 4. The molecule has 0 radical (unpaired) electrons. The Morgan fingerprint density at radius 3 is 2.67 bits per heavy atom. The Morgan fingerprint density at radius 2 is 2.00 bits per heavy atom. The van der Waals surface area contributed by atoms with Gasteiger partial charge in [0.1, 0.15) is 0 Å². The highest BCUT2D eigenvalue weighted by Gasteiger charge is 2.16. The molecular weight excluding hydrogens is 246 g/mol. The van der Waals surface area contributed by atoms with Crippen molar-refractivity contribution in [2.24, 2.45) is 5.92 Å². The second kappa shape index (κ2) is 5.40. The van der Waals surface area contributed by atoms with Crippen molar-refractivity contribution in [1.82, 2.24) is 4.72 Å². The van der Waals surface area contributed by atoms with Crippen LogP contribution in [0.15, 0.2) is 59.2 Å². The number of sulfonamides is 1. The molecule has 1 aromatic rings. The van der Waals surface area contributed by atoms with Crippen LogP contribution in [-0.2, 0) is 10.0 Å². The highest BCUT2D eigenvalue weighted by atomic mass is 32.2. The lowest BCUT2D eigenvalue weighted by Crippen LogP contribution is -2.23. The average Bonchev–Trinajstić information content (AvgIpc) is 2.39. The van der Waals surface area contributed by atoms with Gasteiger partial charge in [-0.15, -0.1) is 0 Å². The maximum Gasteiger partial charge on any atom is 0.261 e. The summed E-state index contributed by atoms with van der Waals surface area (Å²) >= 11 is 0. The van der Waals surface area contributed by atoms with Crippen LogP contribution in [0.25, 0.3) is 0 Å². The van der Waals surface area contributed by atoms with E-state index in [1.54, 1.807) is 30.3 Å². The van der Waals surface area contributed by atoms with Crippen LogP contribution in [0.2, 0.25) is 0 Å². The third-order valence-electron chi connectivity index (χ3n) is 2.98. The number of allylic oxidation sites excluding steroid dienone is 3. The van der Waals surface area contributed by atoms with Crippen molar-refractivity contribution in [1.29, 1.82) is 0 Å². The molecule has 1 aliphatic rings. The van der Waals surface area contributed by atoms with Crippen LogP contribution in [0, 0.1) is 5.92 Å². The molecule has 3 nitrogen and oxygen atoms in total. The predicted molar refractivity (Wildman–Crippen MR) is 72.4 cm³/mol. The summed E-state index contributed by atoms with van der Waals surface area (Å²) in [4.78, 5) is 0.290. The Labute approximate surface area is 108 Å². The maximum absolute atomic E-state index is 12.1. The molecule has 0 saturated carbocycles. The van der Waals surface area contributed by atoms with Gasteiger partial charge in [-0.25, -0.2) is 8.42 Å². The molecule has 0 saturated heterocycles. The Hall–Kier alpha value is -1.55. The predicted octanol–water partition coefficient (Wildman–Crippen LogP) is 2.83. The lowest BCUT2D eigenvalue weighted by molar-refractivity contribution is 0.585. The van der Waals surface area contributed by atoms with E-state index in [1.807, 2.05) is 18.2 Å². The first-order valence-electron chi connectivity index (χ1n) is 6.08. The van der Waals surface area contributed by atoms with Crippen molar-refractivity contribution in [3.05, 3.63) is 54.3 Å². The van der Waals surface area contributed by atoms with Crippen molar-refractivity contribution >= 4 is 10.0 Å². The van der Waals surface area contributed by atoms with E-state index in [1.165, 1.54) is 0 Å². The Balaban J connectivity index is 2.19. The fraction of sp³-hybridized carbons (Fsp3) is 0.286. The molecular formula is C14H17NO2S. The number of hydrogen-bond donors (Lipinski definition) is 1. The fourth-order valence-electron chi connectivity index (χ4n) is 1.91. The molecule has 1 unspecified atom stereocenters. The van der Waals surface area contributed by atoms with Gasteiger partial charge >= 0.3 is 0 Å². The first-order chi connectivity index (χ1) is 8.62. The molecule has 0 fully saturated rings. The molecule has 96 valence electrons. The number of nitrogens with one attached hydrogen (secondary N) is 1. The highest BCUT2D eigenvalue weighted by molar-refractivity contribution is 7.89. The first kappa shape index (κ1) is 12.9.